The van der Waals surface area contributed by atoms with Crippen LogP contribution in [0.5, 0.6) is 0 Å². The number of amides is 3. The lowest BCUT2D eigenvalue weighted by atomic mass is 10.1. The lowest BCUT2D eigenvalue weighted by Gasteiger charge is -2.29. The van der Waals surface area contributed by atoms with E-state index in [1.165, 1.54) is 17.0 Å². The Morgan fingerprint density at radius 1 is 1.16 bits per heavy atom. The number of carbonyl (C=O) groups excluding carboxylic acids is 3. The highest BCUT2D eigenvalue weighted by atomic mass is 79.9. The van der Waals surface area contributed by atoms with Crippen LogP contribution in [0.2, 0.25) is 0 Å². The van der Waals surface area contributed by atoms with Crippen LogP contribution in [0.4, 0.5) is 0 Å². The molecule has 8 nitrogen and oxygen atoms in total. The first-order chi connectivity index (χ1) is 15.2. The Morgan fingerprint density at radius 2 is 1.88 bits per heavy atom. The molecule has 0 spiro atoms. The van der Waals surface area contributed by atoms with Gasteiger partial charge in [0.1, 0.15) is 10.9 Å². The molecule has 1 aliphatic rings. The van der Waals surface area contributed by atoms with Gasteiger partial charge in [-0.15, -0.1) is 0 Å². The van der Waals surface area contributed by atoms with Crippen molar-refractivity contribution in [2.75, 3.05) is 13.1 Å². The van der Waals surface area contributed by atoms with Crippen LogP contribution in [-0.4, -0.2) is 54.5 Å². The number of nitrogens with one attached hydrogen (secondary N) is 1. The van der Waals surface area contributed by atoms with Gasteiger partial charge in [0.2, 0.25) is 11.8 Å². The standard InChI is InChI=1S/C22H24BrN3O5S/c1-3-24-21(28)15(2)25(14-16-7-6-8-17(23)13-16)20(27)11-12-26-22(29)18-9-4-5-10-19(18)32(26,30)31/h4-10,13,15H,3,11-12,14H2,1-2H3,(H,24,28)/t15-/m1/s1. The fourth-order valence-corrected chi connectivity index (χ4v) is 5.55. The molecule has 1 N–H and O–H groups in total. The topological polar surface area (TPSA) is 104 Å². The summed E-state index contributed by atoms with van der Waals surface area (Å²) in [6, 6.07) is 12.5. The minimum Gasteiger partial charge on any atom is -0.355 e. The van der Waals surface area contributed by atoms with Crippen molar-refractivity contribution in [3.63, 3.8) is 0 Å². The molecule has 1 heterocycles. The molecule has 0 aliphatic carbocycles. The van der Waals surface area contributed by atoms with Crippen LogP contribution in [0.1, 0.15) is 36.2 Å². The fraction of sp³-hybridized carbons (Fsp3) is 0.318. The Labute approximate surface area is 195 Å². The van der Waals surface area contributed by atoms with Gasteiger partial charge in [-0.3, -0.25) is 14.4 Å². The highest BCUT2D eigenvalue weighted by Crippen LogP contribution is 2.30. The molecule has 0 aromatic heterocycles. The Hall–Kier alpha value is -2.72. The minimum absolute atomic E-state index is 0.0564. The van der Waals surface area contributed by atoms with E-state index in [1.54, 1.807) is 26.0 Å². The van der Waals surface area contributed by atoms with Crippen molar-refractivity contribution in [1.29, 1.82) is 0 Å². The molecule has 0 bridgehead atoms. The highest BCUT2D eigenvalue weighted by molar-refractivity contribution is 9.10. The Balaban J connectivity index is 1.79. The zero-order valence-electron chi connectivity index (χ0n) is 17.7. The molecule has 2 aromatic rings. The maximum Gasteiger partial charge on any atom is 0.269 e. The maximum atomic E-state index is 13.1. The van der Waals surface area contributed by atoms with E-state index < -0.39 is 27.9 Å². The van der Waals surface area contributed by atoms with E-state index in [9.17, 15) is 22.8 Å². The zero-order chi connectivity index (χ0) is 23.5. The summed E-state index contributed by atoms with van der Waals surface area (Å²) < 4.78 is 27.0. The van der Waals surface area contributed by atoms with E-state index in [0.29, 0.717) is 6.54 Å². The van der Waals surface area contributed by atoms with E-state index in [1.807, 2.05) is 24.3 Å². The summed E-state index contributed by atoms with van der Waals surface area (Å²) in [5.74, 6) is -1.39. The van der Waals surface area contributed by atoms with Crippen molar-refractivity contribution in [2.24, 2.45) is 0 Å². The Morgan fingerprint density at radius 3 is 2.53 bits per heavy atom. The van der Waals surface area contributed by atoms with Crippen LogP contribution >= 0.6 is 15.9 Å². The zero-order valence-corrected chi connectivity index (χ0v) is 20.1. The largest absolute Gasteiger partial charge is 0.355 e. The van der Waals surface area contributed by atoms with E-state index in [4.69, 9.17) is 0 Å². The normalized spacial score (nSPS) is 15.2. The van der Waals surface area contributed by atoms with Gasteiger partial charge in [-0.05, 0) is 43.7 Å². The second-order valence-electron chi connectivity index (χ2n) is 7.35. The van der Waals surface area contributed by atoms with Gasteiger partial charge in [-0.1, -0.05) is 40.2 Å². The summed E-state index contributed by atoms with van der Waals surface area (Å²) in [4.78, 5) is 39.5. The number of halogens is 1. The average molecular weight is 522 g/mol. The Bertz CT molecular complexity index is 1150. The van der Waals surface area contributed by atoms with Gasteiger partial charge in [0.05, 0.1) is 5.56 Å². The van der Waals surface area contributed by atoms with Gasteiger partial charge in [-0.25, -0.2) is 12.7 Å². The third-order valence-electron chi connectivity index (χ3n) is 5.20. The molecule has 0 fully saturated rings. The van der Waals surface area contributed by atoms with Crippen LogP contribution in [0.3, 0.4) is 0 Å². The summed E-state index contributed by atoms with van der Waals surface area (Å²) in [7, 11) is -4.00. The number of carbonyl (C=O) groups is 3. The van der Waals surface area contributed by atoms with Crippen molar-refractivity contribution in [3.8, 4) is 0 Å². The smallest absolute Gasteiger partial charge is 0.269 e. The first-order valence-electron chi connectivity index (χ1n) is 10.1. The SMILES string of the molecule is CCNC(=O)[C@@H](C)N(Cc1cccc(Br)c1)C(=O)CCN1C(=O)c2ccccc2S1(=O)=O. The van der Waals surface area contributed by atoms with Crippen molar-refractivity contribution in [3.05, 3.63) is 64.1 Å². The van der Waals surface area contributed by atoms with Crippen molar-refractivity contribution >= 4 is 43.7 Å². The summed E-state index contributed by atoms with van der Waals surface area (Å²) in [6.07, 6.45) is -0.239. The fourth-order valence-electron chi connectivity index (χ4n) is 3.53. The molecule has 1 atom stereocenters. The quantitative estimate of drug-likeness (QED) is 0.574. The third-order valence-corrected chi connectivity index (χ3v) is 7.53. The second-order valence-corrected chi connectivity index (χ2v) is 10.1. The minimum atomic E-state index is -4.00. The number of nitrogens with zero attached hydrogens (tertiary/aromatic N) is 2. The van der Waals surface area contributed by atoms with E-state index >= 15 is 0 Å². The van der Waals surface area contributed by atoms with Crippen LogP contribution in [0.25, 0.3) is 0 Å². The molecule has 3 amide bonds. The van der Waals surface area contributed by atoms with Crippen LogP contribution < -0.4 is 5.32 Å². The molecule has 0 radical (unpaired) electrons. The van der Waals surface area contributed by atoms with Gasteiger partial charge in [0, 0.05) is 30.5 Å². The van der Waals surface area contributed by atoms with E-state index in [0.717, 1.165) is 14.3 Å². The molecular weight excluding hydrogens is 498 g/mol. The highest BCUT2D eigenvalue weighted by Gasteiger charge is 2.41. The monoisotopic (exact) mass is 521 g/mol. The van der Waals surface area contributed by atoms with Gasteiger partial charge in [0.15, 0.2) is 0 Å². The van der Waals surface area contributed by atoms with Crippen LogP contribution in [0.15, 0.2) is 57.9 Å². The predicted molar refractivity (Wildman–Crippen MR) is 122 cm³/mol. The van der Waals surface area contributed by atoms with Crippen LogP contribution in [0, 0.1) is 0 Å². The first kappa shape index (κ1) is 23.9. The average Bonchev–Trinajstić information content (AvgIpc) is 2.95. The second kappa shape index (κ2) is 9.83. The number of benzene rings is 2. The van der Waals surface area contributed by atoms with Gasteiger partial charge in [0.25, 0.3) is 15.9 Å². The van der Waals surface area contributed by atoms with Gasteiger partial charge < -0.3 is 10.2 Å². The number of hydrogen-bond donors (Lipinski definition) is 1. The van der Waals surface area contributed by atoms with Gasteiger partial charge in [-0.2, -0.15) is 0 Å². The number of likely N-dealkylation sites (N-methyl/N-ethyl adjacent to an activating group) is 1. The predicted octanol–water partition coefficient (Wildman–Crippen LogP) is 2.54. The molecule has 2 aromatic carbocycles. The third kappa shape index (κ3) is 4.86. The molecule has 1 aliphatic heterocycles. The summed E-state index contributed by atoms with van der Waals surface area (Å²) in [5, 5.41) is 2.70. The lowest BCUT2D eigenvalue weighted by molar-refractivity contribution is -0.140. The molecule has 10 heteroatoms. The summed E-state index contributed by atoms with van der Waals surface area (Å²) in [6.45, 7) is 3.69. The van der Waals surface area contributed by atoms with Gasteiger partial charge >= 0.3 is 0 Å². The number of fused-ring (bicyclic) bond motifs is 1. The van der Waals surface area contributed by atoms with Crippen molar-refractivity contribution in [2.45, 2.75) is 37.8 Å². The van der Waals surface area contributed by atoms with Crippen LogP contribution in [-0.2, 0) is 26.2 Å². The van der Waals surface area contributed by atoms with E-state index in [2.05, 4.69) is 21.2 Å². The maximum absolute atomic E-state index is 13.1. The Kier molecular flexibility index (Phi) is 7.35. The molecule has 0 unspecified atom stereocenters. The summed E-state index contributed by atoms with van der Waals surface area (Å²) in [5.41, 5.74) is 0.905. The number of hydrogen-bond acceptors (Lipinski definition) is 5. The molecule has 32 heavy (non-hydrogen) atoms. The molecule has 170 valence electrons. The van der Waals surface area contributed by atoms with Crippen molar-refractivity contribution < 1.29 is 22.8 Å². The van der Waals surface area contributed by atoms with Crippen molar-refractivity contribution in [1.82, 2.24) is 14.5 Å². The molecule has 0 saturated carbocycles. The van der Waals surface area contributed by atoms with E-state index in [-0.39, 0.29) is 35.9 Å². The molecule has 3 rings (SSSR count). The lowest BCUT2D eigenvalue weighted by Crippen LogP contribution is -2.48. The number of rotatable bonds is 8. The first-order valence-corrected chi connectivity index (χ1v) is 12.4. The molecule has 0 saturated heterocycles. The molecular formula is C22H24BrN3O5S. The summed E-state index contributed by atoms with van der Waals surface area (Å²) >= 11 is 3.40. The number of sulfonamides is 1.